The van der Waals surface area contributed by atoms with E-state index in [2.05, 4.69) is 5.32 Å². The Balaban J connectivity index is 4.31. The molecule has 1 atom stereocenters. The predicted octanol–water partition coefficient (Wildman–Crippen LogP) is -0.108. The average Bonchev–Trinajstić information content (AvgIpc) is 1.99. The van der Waals surface area contributed by atoms with Gasteiger partial charge in [-0.05, 0) is 0 Å². The number of likely N-dealkylation sites (N-methyl/N-ethyl adjacent to an activating group) is 1. The fourth-order valence-corrected chi connectivity index (χ4v) is 1.16. The first-order valence-corrected chi connectivity index (χ1v) is 4.65. The summed E-state index contributed by atoms with van der Waals surface area (Å²) in [6, 6.07) is 0. The van der Waals surface area contributed by atoms with E-state index < -0.39 is 18.2 Å². The summed E-state index contributed by atoms with van der Waals surface area (Å²) in [6.07, 6.45) is -1.39. The van der Waals surface area contributed by atoms with Gasteiger partial charge in [0.25, 0.3) is 0 Å². The van der Waals surface area contributed by atoms with Crippen LogP contribution in [-0.4, -0.2) is 62.5 Å². The quantitative estimate of drug-likeness (QED) is 0.633. The normalized spacial score (nSPS) is 13.1. The van der Waals surface area contributed by atoms with Gasteiger partial charge in [-0.15, -0.1) is 0 Å². The van der Waals surface area contributed by atoms with Crippen LogP contribution in [0.4, 0.5) is 4.79 Å². The van der Waals surface area contributed by atoms with Crippen molar-refractivity contribution >= 4 is 12.1 Å². The zero-order chi connectivity index (χ0) is 12.1. The van der Waals surface area contributed by atoms with Crippen LogP contribution in [0, 0.1) is 0 Å². The average molecular weight is 219 g/mol. The summed E-state index contributed by atoms with van der Waals surface area (Å²) in [4.78, 5) is 21.5. The third-order valence-electron chi connectivity index (χ3n) is 1.63. The number of rotatable bonds is 5. The van der Waals surface area contributed by atoms with Crippen LogP contribution in [-0.2, 0) is 9.53 Å². The lowest BCUT2D eigenvalue weighted by Gasteiger charge is -2.28. The first-order valence-electron chi connectivity index (χ1n) is 4.65. The molecule has 6 nitrogen and oxygen atoms in total. The molecular formula is C9H19N2O4+. The minimum atomic E-state index is -0.975. The van der Waals surface area contributed by atoms with Crippen LogP contribution in [0.15, 0.2) is 0 Å². The Hall–Kier alpha value is -1.30. The summed E-state index contributed by atoms with van der Waals surface area (Å²) in [5, 5.41) is 10.9. The molecule has 0 aromatic heterocycles. The van der Waals surface area contributed by atoms with Crippen LogP contribution >= 0.6 is 0 Å². The highest BCUT2D eigenvalue weighted by molar-refractivity contribution is 5.70. The second-order valence-corrected chi connectivity index (χ2v) is 4.35. The van der Waals surface area contributed by atoms with Gasteiger partial charge >= 0.3 is 12.1 Å². The number of alkyl carbamates (subject to hydrolysis) is 1. The lowest BCUT2D eigenvalue weighted by molar-refractivity contribution is -0.873. The van der Waals surface area contributed by atoms with E-state index in [0.29, 0.717) is 11.0 Å². The van der Waals surface area contributed by atoms with Crippen molar-refractivity contribution < 1.29 is 23.9 Å². The number of carbonyl (C=O) groups excluding carboxylic acids is 1. The fourth-order valence-electron chi connectivity index (χ4n) is 1.16. The van der Waals surface area contributed by atoms with Crippen molar-refractivity contribution in [1.29, 1.82) is 0 Å². The second kappa shape index (κ2) is 5.55. The molecule has 6 heteroatoms. The summed E-state index contributed by atoms with van der Waals surface area (Å²) < 4.78 is 5.48. The highest BCUT2D eigenvalue weighted by Gasteiger charge is 2.24. The van der Waals surface area contributed by atoms with Gasteiger partial charge in [-0.25, -0.2) is 4.79 Å². The van der Waals surface area contributed by atoms with Crippen molar-refractivity contribution in [2.75, 3.05) is 34.7 Å². The molecule has 0 aliphatic heterocycles. The zero-order valence-corrected chi connectivity index (χ0v) is 9.61. The van der Waals surface area contributed by atoms with Gasteiger partial charge in [0, 0.05) is 7.05 Å². The molecule has 0 bridgehead atoms. The topological polar surface area (TPSA) is 75.6 Å². The highest BCUT2D eigenvalue weighted by Crippen LogP contribution is 2.04. The molecule has 1 amide bonds. The van der Waals surface area contributed by atoms with Gasteiger partial charge in [0.1, 0.15) is 6.54 Å². The maximum Gasteiger partial charge on any atom is 0.407 e. The molecule has 0 unspecified atom stereocenters. The molecule has 15 heavy (non-hydrogen) atoms. The van der Waals surface area contributed by atoms with Crippen LogP contribution in [0.1, 0.15) is 6.42 Å². The zero-order valence-electron chi connectivity index (χ0n) is 9.61. The lowest BCUT2D eigenvalue weighted by atomic mass is 10.2. The molecule has 0 saturated heterocycles. The first kappa shape index (κ1) is 13.7. The molecule has 0 fully saturated rings. The van der Waals surface area contributed by atoms with Crippen molar-refractivity contribution in [2.45, 2.75) is 12.5 Å². The van der Waals surface area contributed by atoms with Crippen molar-refractivity contribution in [3.63, 3.8) is 0 Å². The van der Waals surface area contributed by atoms with Crippen molar-refractivity contribution in [1.82, 2.24) is 5.32 Å². The number of carboxylic acids is 1. The number of carboxylic acid groups (broad SMARTS) is 1. The van der Waals surface area contributed by atoms with E-state index in [1.165, 1.54) is 7.05 Å². The maximum atomic E-state index is 11.0. The van der Waals surface area contributed by atoms with E-state index >= 15 is 0 Å². The monoisotopic (exact) mass is 219 g/mol. The Labute approximate surface area is 89.4 Å². The number of nitrogens with one attached hydrogen (secondary N) is 1. The molecule has 88 valence electrons. The van der Waals surface area contributed by atoms with Crippen LogP contribution in [0.2, 0.25) is 0 Å². The van der Waals surface area contributed by atoms with Gasteiger partial charge in [-0.3, -0.25) is 4.79 Å². The Kier molecular flexibility index (Phi) is 5.07. The molecule has 0 rings (SSSR count). The van der Waals surface area contributed by atoms with E-state index in [4.69, 9.17) is 9.84 Å². The van der Waals surface area contributed by atoms with Crippen LogP contribution in [0.3, 0.4) is 0 Å². The first-order chi connectivity index (χ1) is 6.74. The number of carbonyl (C=O) groups is 2. The summed E-state index contributed by atoms with van der Waals surface area (Å²) in [5.41, 5.74) is 0. The molecular weight excluding hydrogens is 200 g/mol. The van der Waals surface area contributed by atoms with Gasteiger partial charge in [0.2, 0.25) is 0 Å². The Morgan fingerprint density at radius 1 is 1.40 bits per heavy atom. The Morgan fingerprint density at radius 3 is 2.27 bits per heavy atom. The maximum absolute atomic E-state index is 11.0. The van der Waals surface area contributed by atoms with Gasteiger partial charge in [0.15, 0.2) is 6.10 Å². The van der Waals surface area contributed by atoms with Gasteiger partial charge in [-0.1, -0.05) is 0 Å². The molecule has 0 spiro atoms. The van der Waals surface area contributed by atoms with E-state index in [1.807, 2.05) is 21.1 Å². The lowest BCUT2D eigenvalue weighted by Crippen LogP contribution is -2.44. The number of nitrogens with zero attached hydrogens (tertiary/aromatic N) is 1. The number of aliphatic carboxylic acids is 1. The standard InChI is InChI=1S/C9H18N2O4/c1-10-9(14)15-7(5-8(12)13)6-11(2,3)4/h7H,5-6H2,1-4H3,(H-,10,12,13,14)/p+1/t7-/m1/s1. The summed E-state index contributed by atoms with van der Waals surface area (Å²) >= 11 is 0. The molecule has 2 N–H and O–H groups in total. The minimum absolute atomic E-state index is 0.178. The molecule has 0 aliphatic carbocycles. The third-order valence-corrected chi connectivity index (χ3v) is 1.63. The van der Waals surface area contributed by atoms with Crippen LogP contribution < -0.4 is 5.32 Å². The number of quaternary nitrogens is 1. The van der Waals surface area contributed by atoms with E-state index in [0.717, 1.165) is 0 Å². The van der Waals surface area contributed by atoms with E-state index in [1.54, 1.807) is 0 Å². The summed E-state index contributed by atoms with van der Waals surface area (Å²) in [7, 11) is 7.15. The number of ether oxygens (including phenoxy) is 1. The number of hydrogen-bond donors (Lipinski definition) is 2. The van der Waals surface area contributed by atoms with E-state index in [9.17, 15) is 9.59 Å². The molecule has 0 radical (unpaired) electrons. The van der Waals surface area contributed by atoms with E-state index in [-0.39, 0.29) is 6.42 Å². The number of amides is 1. The van der Waals surface area contributed by atoms with Crippen molar-refractivity contribution in [3.05, 3.63) is 0 Å². The molecule has 0 saturated carbocycles. The van der Waals surface area contributed by atoms with Gasteiger partial charge < -0.3 is 19.6 Å². The van der Waals surface area contributed by atoms with Crippen LogP contribution in [0.25, 0.3) is 0 Å². The Bertz CT molecular complexity index is 235. The second-order valence-electron chi connectivity index (χ2n) is 4.35. The fraction of sp³-hybridized carbons (Fsp3) is 0.778. The third kappa shape index (κ3) is 7.75. The van der Waals surface area contributed by atoms with Gasteiger partial charge in [0.05, 0.1) is 27.6 Å². The summed E-state index contributed by atoms with van der Waals surface area (Å²) in [6.45, 7) is 0.458. The highest BCUT2D eigenvalue weighted by atomic mass is 16.6. The van der Waals surface area contributed by atoms with Crippen molar-refractivity contribution in [2.24, 2.45) is 0 Å². The SMILES string of the molecule is CNC(=O)O[C@H](CC(=O)O)C[N+](C)(C)C. The predicted molar refractivity (Wildman–Crippen MR) is 54.5 cm³/mol. The molecule has 0 aromatic carbocycles. The molecule has 0 heterocycles. The number of hydrogen-bond acceptors (Lipinski definition) is 3. The van der Waals surface area contributed by atoms with Gasteiger partial charge in [-0.2, -0.15) is 0 Å². The van der Waals surface area contributed by atoms with Crippen molar-refractivity contribution in [3.8, 4) is 0 Å². The minimum Gasteiger partial charge on any atom is -0.481 e. The largest absolute Gasteiger partial charge is 0.481 e. The van der Waals surface area contributed by atoms with Crippen LogP contribution in [0.5, 0.6) is 0 Å². The smallest absolute Gasteiger partial charge is 0.407 e. The summed E-state index contributed by atoms with van der Waals surface area (Å²) in [5.74, 6) is -0.975. The molecule has 0 aromatic rings. The Morgan fingerprint density at radius 2 is 1.93 bits per heavy atom. The molecule has 0 aliphatic rings.